The minimum atomic E-state index is -0.516. The standard InChI is InChI=1S/C6H3BrN4O2/c7-13-6(12)4-1-5-10-8-3-11(5)9-2-4/h1-3H. The molecule has 2 aromatic heterocycles. The molecule has 66 valence electrons. The van der Waals surface area contributed by atoms with Crippen molar-refractivity contribution in [3.05, 3.63) is 24.2 Å². The lowest BCUT2D eigenvalue weighted by Crippen LogP contribution is -2.01. The predicted molar refractivity (Wildman–Crippen MR) is 45.1 cm³/mol. The number of carbonyl (C=O) groups excluding carboxylic acids is 1. The van der Waals surface area contributed by atoms with Gasteiger partial charge in [-0.2, -0.15) is 5.10 Å². The first-order valence-corrected chi connectivity index (χ1v) is 3.95. The van der Waals surface area contributed by atoms with Crippen LogP contribution in [0.3, 0.4) is 0 Å². The molecule has 6 nitrogen and oxygen atoms in total. The van der Waals surface area contributed by atoms with Gasteiger partial charge < -0.3 is 3.83 Å². The van der Waals surface area contributed by atoms with E-state index in [-0.39, 0.29) is 0 Å². The molecule has 0 saturated heterocycles. The fraction of sp³-hybridized carbons (Fsp3) is 0. The Bertz CT molecular complexity index is 455. The molecule has 0 amide bonds. The van der Waals surface area contributed by atoms with Crippen LogP contribution in [-0.4, -0.2) is 25.8 Å². The summed E-state index contributed by atoms with van der Waals surface area (Å²) in [6.07, 6.45) is 2.82. The summed E-state index contributed by atoms with van der Waals surface area (Å²) in [6.45, 7) is 0. The van der Waals surface area contributed by atoms with Crippen LogP contribution in [0.25, 0.3) is 5.65 Å². The average molecular weight is 243 g/mol. The van der Waals surface area contributed by atoms with Crippen LogP contribution in [0.15, 0.2) is 18.6 Å². The third kappa shape index (κ3) is 1.37. The van der Waals surface area contributed by atoms with Crippen LogP contribution in [0, 0.1) is 0 Å². The molecule has 0 spiro atoms. The van der Waals surface area contributed by atoms with Crippen LogP contribution in [0.5, 0.6) is 0 Å². The highest BCUT2D eigenvalue weighted by atomic mass is 79.9. The molecule has 0 fully saturated rings. The third-order valence-corrected chi connectivity index (χ3v) is 1.76. The Morgan fingerprint density at radius 1 is 1.62 bits per heavy atom. The summed E-state index contributed by atoms with van der Waals surface area (Å²) < 4.78 is 5.79. The zero-order valence-corrected chi connectivity index (χ0v) is 7.80. The second-order valence-electron chi connectivity index (χ2n) is 2.24. The lowest BCUT2D eigenvalue weighted by atomic mass is 10.3. The number of aromatic nitrogens is 4. The molecule has 0 aliphatic carbocycles. The summed E-state index contributed by atoms with van der Waals surface area (Å²) in [6, 6.07) is 1.53. The van der Waals surface area contributed by atoms with Crippen LogP contribution in [-0.2, 0) is 3.83 Å². The summed E-state index contributed by atoms with van der Waals surface area (Å²) in [5.74, 6) is -0.516. The molecule has 2 aromatic rings. The summed E-state index contributed by atoms with van der Waals surface area (Å²) in [5.41, 5.74) is 0.813. The number of rotatable bonds is 1. The van der Waals surface area contributed by atoms with E-state index in [1.807, 2.05) is 0 Å². The van der Waals surface area contributed by atoms with Gasteiger partial charge in [0.05, 0.1) is 11.8 Å². The first-order chi connectivity index (χ1) is 6.31. The highest BCUT2D eigenvalue weighted by molar-refractivity contribution is 9.06. The molecule has 7 heteroatoms. The Hall–Kier alpha value is -1.50. The van der Waals surface area contributed by atoms with Crippen LogP contribution in [0.4, 0.5) is 0 Å². The molecule has 0 aliphatic rings. The first kappa shape index (κ1) is 8.11. The van der Waals surface area contributed by atoms with E-state index in [0.29, 0.717) is 11.2 Å². The van der Waals surface area contributed by atoms with E-state index < -0.39 is 5.97 Å². The first-order valence-electron chi connectivity index (χ1n) is 3.30. The largest absolute Gasteiger partial charge is 0.380 e. The number of nitrogens with zero attached hydrogens (tertiary/aromatic N) is 4. The van der Waals surface area contributed by atoms with Gasteiger partial charge in [-0.15, -0.1) is 10.2 Å². The maximum absolute atomic E-state index is 11.0. The van der Waals surface area contributed by atoms with Gasteiger partial charge in [0, 0.05) is 6.07 Å². The van der Waals surface area contributed by atoms with Crippen molar-refractivity contribution in [1.29, 1.82) is 0 Å². The fourth-order valence-corrected chi connectivity index (χ4v) is 1.07. The SMILES string of the molecule is O=C(OBr)c1cnn2cnnc2c1. The molecule has 0 N–H and O–H groups in total. The molecule has 0 aromatic carbocycles. The fourth-order valence-electron chi connectivity index (χ4n) is 0.880. The van der Waals surface area contributed by atoms with E-state index in [4.69, 9.17) is 0 Å². The summed E-state index contributed by atoms with van der Waals surface area (Å²) in [4.78, 5) is 11.0. The lowest BCUT2D eigenvalue weighted by Gasteiger charge is -1.95. The maximum Gasteiger partial charge on any atom is 0.351 e. The van der Waals surface area contributed by atoms with Gasteiger partial charge in [0.25, 0.3) is 0 Å². The molecular weight excluding hydrogens is 240 g/mol. The van der Waals surface area contributed by atoms with Crippen LogP contribution >= 0.6 is 16.3 Å². The topological polar surface area (TPSA) is 69.4 Å². The smallest absolute Gasteiger partial charge is 0.351 e. The number of fused-ring (bicyclic) bond motifs is 1. The monoisotopic (exact) mass is 242 g/mol. The molecule has 0 aliphatic heterocycles. The molecule has 0 saturated carbocycles. The number of hydrogen-bond acceptors (Lipinski definition) is 5. The Morgan fingerprint density at radius 2 is 2.46 bits per heavy atom. The van der Waals surface area contributed by atoms with Gasteiger partial charge in [0.1, 0.15) is 6.33 Å². The van der Waals surface area contributed by atoms with Gasteiger partial charge in [0.2, 0.25) is 0 Å². The van der Waals surface area contributed by atoms with E-state index in [1.165, 1.54) is 23.1 Å². The Labute approximate surface area is 81.0 Å². The van der Waals surface area contributed by atoms with Crippen molar-refractivity contribution < 1.29 is 8.62 Å². The van der Waals surface area contributed by atoms with E-state index in [1.54, 1.807) is 0 Å². The zero-order valence-electron chi connectivity index (χ0n) is 6.22. The van der Waals surface area contributed by atoms with Crippen LogP contribution in [0.1, 0.15) is 10.4 Å². The van der Waals surface area contributed by atoms with Crippen molar-refractivity contribution in [1.82, 2.24) is 19.8 Å². The van der Waals surface area contributed by atoms with Crippen molar-refractivity contribution in [2.75, 3.05) is 0 Å². The Kier molecular flexibility index (Phi) is 1.93. The number of hydrogen-bond donors (Lipinski definition) is 0. The van der Waals surface area contributed by atoms with Gasteiger partial charge in [-0.3, -0.25) is 0 Å². The molecular formula is C6H3BrN4O2. The molecule has 0 atom stereocenters. The van der Waals surface area contributed by atoms with Crippen LogP contribution in [0.2, 0.25) is 0 Å². The Morgan fingerprint density at radius 3 is 3.23 bits per heavy atom. The second-order valence-corrected chi connectivity index (χ2v) is 2.57. The molecule has 2 heterocycles. The van der Waals surface area contributed by atoms with E-state index in [2.05, 4.69) is 35.4 Å². The highest BCUT2D eigenvalue weighted by Gasteiger charge is 2.08. The van der Waals surface area contributed by atoms with E-state index in [0.717, 1.165) is 0 Å². The van der Waals surface area contributed by atoms with Gasteiger partial charge in [-0.25, -0.2) is 9.31 Å². The minimum absolute atomic E-state index is 0.317. The zero-order chi connectivity index (χ0) is 9.26. The predicted octanol–water partition coefficient (Wildman–Crippen LogP) is 0.591. The number of halogens is 1. The molecule has 0 radical (unpaired) electrons. The van der Waals surface area contributed by atoms with Crippen molar-refractivity contribution in [3.8, 4) is 0 Å². The summed E-state index contributed by atoms with van der Waals surface area (Å²) in [5, 5.41) is 11.2. The van der Waals surface area contributed by atoms with Crippen molar-refractivity contribution >= 4 is 27.9 Å². The normalized spacial score (nSPS) is 10.2. The summed E-state index contributed by atoms with van der Waals surface area (Å²) >= 11 is 2.59. The average Bonchev–Trinajstić information content (AvgIpc) is 2.63. The molecule has 0 unspecified atom stereocenters. The van der Waals surface area contributed by atoms with Crippen molar-refractivity contribution in [3.63, 3.8) is 0 Å². The van der Waals surface area contributed by atoms with Crippen molar-refractivity contribution in [2.24, 2.45) is 0 Å². The third-order valence-electron chi connectivity index (χ3n) is 1.47. The van der Waals surface area contributed by atoms with E-state index in [9.17, 15) is 4.79 Å². The maximum atomic E-state index is 11.0. The number of carbonyl (C=O) groups is 1. The Balaban J connectivity index is 2.54. The van der Waals surface area contributed by atoms with Gasteiger partial charge >= 0.3 is 5.97 Å². The molecule has 0 bridgehead atoms. The molecule has 13 heavy (non-hydrogen) atoms. The van der Waals surface area contributed by atoms with Crippen LogP contribution < -0.4 is 0 Å². The minimum Gasteiger partial charge on any atom is -0.380 e. The van der Waals surface area contributed by atoms with E-state index >= 15 is 0 Å². The second kappa shape index (κ2) is 3.09. The molecule has 2 rings (SSSR count). The van der Waals surface area contributed by atoms with Crippen molar-refractivity contribution in [2.45, 2.75) is 0 Å². The van der Waals surface area contributed by atoms with Gasteiger partial charge in [-0.1, -0.05) is 0 Å². The van der Waals surface area contributed by atoms with Gasteiger partial charge in [0.15, 0.2) is 21.9 Å². The van der Waals surface area contributed by atoms with Gasteiger partial charge in [-0.05, 0) is 0 Å². The summed E-state index contributed by atoms with van der Waals surface area (Å²) in [7, 11) is 0. The quantitative estimate of drug-likeness (QED) is 0.733. The lowest BCUT2D eigenvalue weighted by molar-refractivity contribution is 0.0781. The highest BCUT2D eigenvalue weighted by Crippen LogP contribution is 2.04.